The number of fused-ring (bicyclic) bond motifs is 2. The fourth-order valence-electron chi connectivity index (χ4n) is 5.48. The molecule has 1 saturated heterocycles. The van der Waals surface area contributed by atoms with Gasteiger partial charge in [-0.2, -0.15) is 0 Å². The van der Waals surface area contributed by atoms with Crippen LogP contribution in [0.5, 0.6) is 0 Å². The van der Waals surface area contributed by atoms with Gasteiger partial charge in [0.2, 0.25) is 5.91 Å². The number of hydrogen-bond acceptors (Lipinski definition) is 5. The highest BCUT2D eigenvalue weighted by Crippen LogP contribution is 2.34. The number of hydrogen-bond donors (Lipinski definition) is 2. The van der Waals surface area contributed by atoms with Crippen molar-refractivity contribution in [2.24, 2.45) is 5.92 Å². The first kappa shape index (κ1) is 27.1. The van der Waals surface area contributed by atoms with E-state index in [1.165, 1.54) is 23.5 Å². The van der Waals surface area contributed by atoms with Crippen LogP contribution < -0.4 is 10.2 Å². The Morgan fingerprint density at radius 1 is 1.10 bits per heavy atom. The molecule has 0 spiro atoms. The molecule has 0 bridgehead atoms. The van der Waals surface area contributed by atoms with Gasteiger partial charge in [-0.05, 0) is 93.0 Å². The van der Waals surface area contributed by atoms with Crippen molar-refractivity contribution in [2.75, 3.05) is 32.1 Å². The van der Waals surface area contributed by atoms with Crippen molar-refractivity contribution in [3.8, 4) is 11.1 Å². The van der Waals surface area contributed by atoms with E-state index in [0.29, 0.717) is 16.3 Å². The van der Waals surface area contributed by atoms with Gasteiger partial charge < -0.3 is 15.2 Å². The molecule has 6 rings (SSSR count). The van der Waals surface area contributed by atoms with Gasteiger partial charge in [0, 0.05) is 30.1 Å². The van der Waals surface area contributed by atoms with Gasteiger partial charge in [0.05, 0.1) is 21.8 Å². The lowest BCUT2D eigenvalue weighted by Crippen LogP contribution is -2.39. The van der Waals surface area contributed by atoms with E-state index >= 15 is 0 Å². The lowest BCUT2D eigenvalue weighted by atomic mass is 9.96. The predicted molar refractivity (Wildman–Crippen MR) is 163 cm³/mol. The van der Waals surface area contributed by atoms with Gasteiger partial charge in [0.15, 0.2) is 5.13 Å². The van der Waals surface area contributed by atoms with Gasteiger partial charge in [-0.25, -0.2) is 9.37 Å². The van der Waals surface area contributed by atoms with E-state index in [9.17, 15) is 14.0 Å². The summed E-state index contributed by atoms with van der Waals surface area (Å²) in [5, 5.41) is 4.49. The van der Waals surface area contributed by atoms with Crippen LogP contribution in [0.4, 0.5) is 9.52 Å². The molecular formula is C32H32FN5O2S. The summed E-state index contributed by atoms with van der Waals surface area (Å²) in [5.74, 6) is -0.395. The number of nitrogens with zero attached hydrogens (tertiary/aromatic N) is 3. The maximum absolute atomic E-state index is 13.7. The summed E-state index contributed by atoms with van der Waals surface area (Å²) >= 11 is 1.51. The molecule has 1 aliphatic rings. The molecule has 7 nitrogen and oxygen atoms in total. The fraction of sp³-hybridized carbons (Fsp3) is 0.281. The topological polar surface area (TPSA) is 81.3 Å². The number of rotatable bonds is 6. The summed E-state index contributed by atoms with van der Waals surface area (Å²) in [6.07, 6.45) is 3.46. The summed E-state index contributed by atoms with van der Waals surface area (Å²) in [6.45, 7) is 3.72. The van der Waals surface area contributed by atoms with E-state index in [1.807, 2.05) is 44.3 Å². The number of aromatic nitrogens is 2. The van der Waals surface area contributed by atoms with Gasteiger partial charge in [0.25, 0.3) is 5.91 Å². The molecule has 41 heavy (non-hydrogen) atoms. The number of likely N-dealkylation sites (tertiary alicyclic amines) is 1. The van der Waals surface area contributed by atoms with Crippen LogP contribution in [0.1, 0.15) is 41.7 Å². The summed E-state index contributed by atoms with van der Waals surface area (Å²) in [6, 6.07) is 18.0. The fourth-order valence-corrected chi connectivity index (χ4v) is 6.45. The van der Waals surface area contributed by atoms with Crippen molar-refractivity contribution >= 4 is 49.4 Å². The van der Waals surface area contributed by atoms with Gasteiger partial charge in [-0.3, -0.25) is 14.5 Å². The third kappa shape index (κ3) is 5.47. The van der Waals surface area contributed by atoms with E-state index in [-0.39, 0.29) is 29.6 Å². The van der Waals surface area contributed by atoms with Gasteiger partial charge in [0.1, 0.15) is 5.82 Å². The first-order valence-corrected chi connectivity index (χ1v) is 14.6. The number of benzene rings is 3. The van der Waals surface area contributed by atoms with E-state index in [2.05, 4.69) is 28.3 Å². The van der Waals surface area contributed by atoms with Gasteiger partial charge in [-0.1, -0.05) is 35.6 Å². The standard InChI is InChI=1S/C32H32FN5O2S/c1-19(21-5-4-6-24(33)15-21)35-30(39)26-18-34-27-9-7-22(16-25(26)27)23-8-10-28-29(17-23)41-32(36-28)38(3)31(40)20-11-13-37(2)14-12-20/h4-10,15-20,34H,11-14H2,1-3H3,(H,35,39)/t19-/m0/s1. The highest BCUT2D eigenvalue weighted by atomic mass is 32.1. The molecule has 3 heterocycles. The Morgan fingerprint density at radius 2 is 1.85 bits per heavy atom. The van der Waals surface area contributed by atoms with Crippen molar-refractivity contribution in [1.29, 1.82) is 0 Å². The minimum atomic E-state index is -0.348. The normalized spacial score (nSPS) is 15.3. The van der Waals surface area contributed by atoms with E-state index in [4.69, 9.17) is 4.98 Å². The summed E-state index contributed by atoms with van der Waals surface area (Å²) in [4.78, 5) is 38.2. The highest BCUT2D eigenvalue weighted by Gasteiger charge is 2.28. The number of aromatic amines is 1. The molecule has 2 N–H and O–H groups in total. The number of carbonyl (C=O) groups is 2. The monoisotopic (exact) mass is 569 g/mol. The number of carbonyl (C=O) groups excluding carboxylic acids is 2. The summed E-state index contributed by atoms with van der Waals surface area (Å²) < 4.78 is 14.7. The number of halogens is 1. The van der Waals surface area contributed by atoms with E-state index in [1.54, 1.807) is 23.2 Å². The van der Waals surface area contributed by atoms with E-state index < -0.39 is 0 Å². The predicted octanol–water partition coefficient (Wildman–Crippen LogP) is 6.38. The number of thiazole rings is 1. The third-order valence-corrected chi connectivity index (χ3v) is 9.11. The highest BCUT2D eigenvalue weighted by molar-refractivity contribution is 7.22. The van der Waals surface area contributed by atoms with Crippen LogP contribution in [-0.4, -0.2) is 53.9 Å². The summed E-state index contributed by atoms with van der Waals surface area (Å²) in [5.41, 5.74) is 4.91. The molecule has 0 unspecified atom stereocenters. The van der Waals surface area contributed by atoms with Crippen molar-refractivity contribution < 1.29 is 14.0 Å². The largest absolute Gasteiger partial charge is 0.360 e. The molecule has 9 heteroatoms. The molecule has 2 aromatic heterocycles. The maximum Gasteiger partial charge on any atom is 0.253 e. The third-order valence-electron chi connectivity index (χ3n) is 8.02. The smallest absolute Gasteiger partial charge is 0.253 e. The Kier molecular flexibility index (Phi) is 7.32. The average molecular weight is 570 g/mol. The van der Waals surface area contributed by atoms with Crippen LogP contribution in [0.15, 0.2) is 66.9 Å². The zero-order valence-electron chi connectivity index (χ0n) is 23.3. The number of nitrogens with one attached hydrogen (secondary N) is 2. The van der Waals surface area contributed by atoms with Crippen molar-refractivity contribution in [3.05, 3.63) is 83.8 Å². The molecule has 1 atom stereocenters. The Bertz CT molecular complexity index is 1750. The number of amides is 2. The quantitative estimate of drug-likeness (QED) is 0.249. The zero-order valence-corrected chi connectivity index (χ0v) is 24.1. The van der Waals surface area contributed by atoms with Crippen LogP contribution in [0.3, 0.4) is 0 Å². The molecule has 0 saturated carbocycles. The molecule has 1 aliphatic heterocycles. The number of piperidine rings is 1. The average Bonchev–Trinajstić information content (AvgIpc) is 3.60. The van der Waals surface area contributed by atoms with Crippen molar-refractivity contribution in [2.45, 2.75) is 25.8 Å². The first-order valence-electron chi connectivity index (χ1n) is 13.8. The molecule has 1 fully saturated rings. The number of anilines is 1. The Labute approximate surface area is 242 Å². The van der Waals surface area contributed by atoms with Crippen LogP contribution >= 0.6 is 11.3 Å². The molecular weight excluding hydrogens is 537 g/mol. The lowest BCUT2D eigenvalue weighted by Gasteiger charge is -2.30. The second-order valence-electron chi connectivity index (χ2n) is 10.9. The Morgan fingerprint density at radius 3 is 2.63 bits per heavy atom. The molecule has 3 aromatic carbocycles. The second-order valence-corrected chi connectivity index (χ2v) is 11.9. The van der Waals surface area contributed by atoms with Gasteiger partial charge in [-0.15, -0.1) is 0 Å². The second kappa shape index (κ2) is 11.1. The van der Waals surface area contributed by atoms with Crippen LogP contribution in [0.25, 0.3) is 32.2 Å². The molecule has 2 amide bonds. The minimum absolute atomic E-state index is 0.0371. The number of H-pyrrole nitrogens is 1. The minimum Gasteiger partial charge on any atom is -0.360 e. The van der Waals surface area contributed by atoms with Crippen molar-refractivity contribution in [1.82, 2.24) is 20.2 Å². The Hall–Kier alpha value is -4.08. The molecule has 5 aromatic rings. The van der Waals surface area contributed by atoms with Crippen molar-refractivity contribution in [3.63, 3.8) is 0 Å². The molecule has 0 radical (unpaired) electrons. The Balaban J connectivity index is 1.23. The lowest BCUT2D eigenvalue weighted by molar-refractivity contribution is -0.123. The van der Waals surface area contributed by atoms with Gasteiger partial charge >= 0.3 is 0 Å². The summed E-state index contributed by atoms with van der Waals surface area (Å²) in [7, 11) is 3.91. The molecule has 210 valence electrons. The first-order chi connectivity index (χ1) is 19.8. The van der Waals surface area contributed by atoms with Crippen LogP contribution in [0, 0.1) is 11.7 Å². The van der Waals surface area contributed by atoms with Crippen LogP contribution in [0.2, 0.25) is 0 Å². The van der Waals surface area contributed by atoms with Crippen LogP contribution in [-0.2, 0) is 4.79 Å². The SMILES string of the molecule is C[C@H](NC(=O)c1c[nH]c2ccc(-c3ccc4nc(N(C)C(=O)C5CCN(C)CC5)sc4c3)cc12)c1cccc(F)c1. The van der Waals surface area contributed by atoms with E-state index in [0.717, 1.165) is 58.2 Å². The molecule has 0 aliphatic carbocycles. The maximum atomic E-state index is 13.7. The zero-order chi connectivity index (χ0) is 28.7.